The molecular formula is C17H24N4O3. The van der Waals surface area contributed by atoms with E-state index in [4.69, 9.17) is 5.73 Å². The van der Waals surface area contributed by atoms with E-state index in [9.17, 15) is 14.4 Å². The van der Waals surface area contributed by atoms with Gasteiger partial charge in [-0.05, 0) is 19.2 Å². The van der Waals surface area contributed by atoms with Crippen LogP contribution in [-0.2, 0) is 14.4 Å². The minimum Gasteiger partial charge on any atom is -0.368 e. The normalized spacial score (nSPS) is 16.4. The van der Waals surface area contributed by atoms with Crippen molar-refractivity contribution in [2.75, 3.05) is 39.8 Å². The maximum Gasteiger partial charge on any atom is 0.245 e. The molecule has 7 heteroatoms. The van der Waals surface area contributed by atoms with Crippen LogP contribution >= 0.6 is 0 Å². The van der Waals surface area contributed by atoms with Crippen molar-refractivity contribution < 1.29 is 14.4 Å². The Kier molecular flexibility index (Phi) is 5.92. The average molecular weight is 332 g/mol. The first-order valence-corrected chi connectivity index (χ1v) is 8.04. The molecule has 1 saturated heterocycles. The summed E-state index contributed by atoms with van der Waals surface area (Å²) in [5.74, 6) is -0.895. The minimum atomic E-state index is -0.545. The van der Waals surface area contributed by atoms with Gasteiger partial charge in [0.15, 0.2) is 0 Å². The number of benzene rings is 1. The van der Waals surface area contributed by atoms with Crippen LogP contribution in [0.15, 0.2) is 30.3 Å². The van der Waals surface area contributed by atoms with Crippen molar-refractivity contribution in [2.24, 2.45) is 5.73 Å². The molecule has 1 aliphatic rings. The van der Waals surface area contributed by atoms with Crippen molar-refractivity contribution in [1.82, 2.24) is 14.7 Å². The van der Waals surface area contributed by atoms with Crippen molar-refractivity contribution in [3.05, 3.63) is 35.9 Å². The largest absolute Gasteiger partial charge is 0.368 e. The number of amides is 3. The lowest BCUT2D eigenvalue weighted by Crippen LogP contribution is -2.55. The molecule has 1 aromatic rings. The predicted molar refractivity (Wildman–Crippen MR) is 89.8 cm³/mol. The van der Waals surface area contributed by atoms with Crippen molar-refractivity contribution in [2.45, 2.75) is 13.0 Å². The van der Waals surface area contributed by atoms with Gasteiger partial charge in [-0.1, -0.05) is 37.3 Å². The van der Waals surface area contributed by atoms with E-state index in [0.29, 0.717) is 19.6 Å². The number of nitrogens with zero attached hydrogens (tertiary/aromatic N) is 3. The van der Waals surface area contributed by atoms with Crippen LogP contribution in [0.25, 0.3) is 0 Å². The summed E-state index contributed by atoms with van der Waals surface area (Å²) in [6.45, 7) is 3.30. The molecule has 1 atom stereocenters. The van der Waals surface area contributed by atoms with E-state index < -0.39 is 11.9 Å². The van der Waals surface area contributed by atoms with E-state index in [1.807, 2.05) is 49.2 Å². The van der Waals surface area contributed by atoms with Crippen molar-refractivity contribution >= 4 is 17.7 Å². The van der Waals surface area contributed by atoms with Crippen LogP contribution in [0.1, 0.15) is 18.5 Å². The van der Waals surface area contributed by atoms with Gasteiger partial charge in [0.2, 0.25) is 17.7 Å². The van der Waals surface area contributed by atoms with Crippen LogP contribution < -0.4 is 5.73 Å². The molecule has 1 heterocycles. The molecule has 2 N–H and O–H groups in total. The molecule has 3 amide bonds. The first kappa shape index (κ1) is 17.9. The average Bonchev–Trinajstić information content (AvgIpc) is 2.57. The van der Waals surface area contributed by atoms with E-state index in [2.05, 4.69) is 0 Å². The van der Waals surface area contributed by atoms with Gasteiger partial charge < -0.3 is 15.5 Å². The zero-order chi connectivity index (χ0) is 17.7. The number of likely N-dealkylation sites (N-methyl/N-ethyl adjacent to an activating group) is 1. The lowest BCUT2D eigenvalue weighted by atomic mass is 10.0. The maximum absolute atomic E-state index is 13.0. The summed E-state index contributed by atoms with van der Waals surface area (Å²) < 4.78 is 0. The lowest BCUT2D eigenvalue weighted by molar-refractivity contribution is -0.149. The Bertz CT molecular complexity index is 605. The molecule has 0 aromatic heterocycles. The molecule has 0 saturated carbocycles. The molecule has 7 nitrogen and oxygen atoms in total. The van der Waals surface area contributed by atoms with E-state index >= 15 is 0 Å². The van der Waals surface area contributed by atoms with Gasteiger partial charge in [0, 0.05) is 13.1 Å². The van der Waals surface area contributed by atoms with E-state index in [1.165, 1.54) is 4.90 Å². The third kappa shape index (κ3) is 4.11. The number of carbonyl (C=O) groups excluding carboxylic acids is 3. The lowest BCUT2D eigenvalue weighted by Gasteiger charge is -2.37. The predicted octanol–water partition coefficient (Wildman–Crippen LogP) is -0.164. The summed E-state index contributed by atoms with van der Waals surface area (Å²) in [5, 5.41) is 0. The van der Waals surface area contributed by atoms with Crippen molar-refractivity contribution in [1.29, 1.82) is 0 Å². The van der Waals surface area contributed by atoms with Gasteiger partial charge in [0.25, 0.3) is 0 Å². The highest BCUT2D eigenvalue weighted by Gasteiger charge is 2.33. The van der Waals surface area contributed by atoms with E-state index in [-0.39, 0.29) is 24.9 Å². The molecule has 24 heavy (non-hydrogen) atoms. The second-order valence-corrected chi connectivity index (χ2v) is 5.93. The zero-order valence-electron chi connectivity index (χ0n) is 14.1. The van der Waals surface area contributed by atoms with Crippen LogP contribution in [0.2, 0.25) is 0 Å². The van der Waals surface area contributed by atoms with Crippen LogP contribution in [0.5, 0.6) is 0 Å². The quantitative estimate of drug-likeness (QED) is 0.784. The number of piperazine rings is 1. The molecule has 1 fully saturated rings. The van der Waals surface area contributed by atoms with Crippen molar-refractivity contribution in [3.63, 3.8) is 0 Å². The number of nitrogens with two attached hydrogens (primary N) is 1. The Morgan fingerprint density at radius 3 is 2.46 bits per heavy atom. The Labute approximate surface area is 142 Å². The summed E-state index contributed by atoms with van der Waals surface area (Å²) in [6, 6.07) is 9.11. The topological polar surface area (TPSA) is 86.9 Å². The van der Waals surface area contributed by atoms with Gasteiger partial charge in [-0.25, -0.2) is 0 Å². The molecule has 1 unspecified atom stereocenters. The molecule has 1 aromatic carbocycles. The molecule has 0 spiro atoms. The Balaban J connectivity index is 2.13. The van der Waals surface area contributed by atoms with Crippen LogP contribution in [0, 0.1) is 0 Å². The van der Waals surface area contributed by atoms with Crippen LogP contribution in [0.4, 0.5) is 0 Å². The maximum atomic E-state index is 13.0. The summed E-state index contributed by atoms with van der Waals surface area (Å²) in [4.78, 5) is 41.1. The molecular weight excluding hydrogens is 308 g/mol. The van der Waals surface area contributed by atoms with Gasteiger partial charge in [0.05, 0.1) is 13.1 Å². The second kappa shape index (κ2) is 7.92. The SMILES string of the molecule is CCN(C)C(C(=O)N1CCN(CC(N)=O)C(=O)C1)c1ccccc1. The Hall–Kier alpha value is -2.41. The fraction of sp³-hybridized carbons (Fsp3) is 0.471. The first-order valence-electron chi connectivity index (χ1n) is 8.04. The number of hydrogen-bond donors (Lipinski definition) is 1. The monoisotopic (exact) mass is 332 g/mol. The summed E-state index contributed by atoms with van der Waals surface area (Å²) in [7, 11) is 1.89. The zero-order valence-corrected chi connectivity index (χ0v) is 14.1. The molecule has 1 aliphatic heterocycles. The number of carbonyl (C=O) groups is 3. The minimum absolute atomic E-state index is 0.0208. The molecule has 0 aliphatic carbocycles. The third-order valence-electron chi connectivity index (χ3n) is 4.27. The number of hydrogen-bond acceptors (Lipinski definition) is 4. The van der Waals surface area contributed by atoms with Crippen molar-refractivity contribution in [3.8, 4) is 0 Å². The van der Waals surface area contributed by atoms with Crippen LogP contribution in [0.3, 0.4) is 0 Å². The molecule has 130 valence electrons. The fourth-order valence-electron chi connectivity index (χ4n) is 2.83. The molecule has 0 bridgehead atoms. The molecule has 0 radical (unpaired) electrons. The van der Waals surface area contributed by atoms with Gasteiger partial charge in [-0.3, -0.25) is 19.3 Å². The van der Waals surface area contributed by atoms with Gasteiger partial charge >= 0.3 is 0 Å². The summed E-state index contributed by atoms with van der Waals surface area (Å²) in [6.07, 6.45) is 0. The highest BCUT2D eigenvalue weighted by atomic mass is 16.2. The summed E-state index contributed by atoms with van der Waals surface area (Å²) in [5.41, 5.74) is 6.04. The van der Waals surface area contributed by atoms with E-state index in [0.717, 1.165) is 5.56 Å². The highest BCUT2D eigenvalue weighted by Crippen LogP contribution is 2.22. The second-order valence-electron chi connectivity index (χ2n) is 5.93. The van der Waals surface area contributed by atoms with Gasteiger partial charge in [0.1, 0.15) is 6.04 Å². The van der Waals surface area contributed by atoms with Gasteiger partial charge in [-0.15, -0.1) is 0 Å². The van der Waals surface area contributed by atoms with Crippen LogP contribution in [-0.4, -0.2) is 72.2 Å². The summed E-state index contributed by atoms with van der Waals surface area (Å²) >= 11 is 0. The first-order chi connectivity index (χ1) is 11.4. The third-order valence-corrected chi connectivity index (χ3v) is 4.27. The highest BCUT2D eigenvalue weighted by molar-refractivity contribution is 5.91. The number of rotatable bonds is 6. The Morgan fingerprint density at radius 2 is 1.92 bits per heavy atom. The standard InChI is InChI=1S/C17H24N4O3/c1-3-19(2)16(13-7-5-4-6-8-13)17(24)21-10-9-20(11-14(18)22)15(23)12-21/h4-8,16H,3,9-12H2,1-2H3,(H2,18,22). The molecule has 2 rings (SSSR count). The number of primary amides is 1. The fourth-order valence-corrected chi connectivity index (χ4v) is 2.83. The Morgan fingerprint density at radius 1 is 1.25 bits per heavy atom. The van der Waals surface area contributed by atoms with E-state index in [1.54, 1.807) is 4.90 Å². The van der Waals surface area contributed by atoms with Gasteiger partial charge in [-0.2, -0.15) is 0 Å². The smallest absolute Gasteiger partial charge is 0.245 e.